The van der Waals surface area contributed by atoms with E-state index < -0.39 is 23.9 Å². The van der Waals surface area contributed by atoms with E-state index in [2.05, 4.69) is 15.4 Å². The van der Waals surface area contributed by atoms with E-state index in [0.717, 1.165) is 17.7 Å². The van der Waals surface area contributed by atoms with E-state index in [-0.39, 0.29) is 17.6 Å². The zero-order valence-corrected chi connectivity index (χ0v) is 16.0. The molecule has 2 aromatic carbocycles. The molecule has 2 amide bonds. The molecule has 0 spiro atoms. The molecule has 0 aliphatic carbocycles. The van der Waals surface area contributed by atoms with Crippen LogP contribution >= 0.6 is 0 Å². The third-order valence-electron chi connectivity index (χ3n) is 4.98. The summed E-state index contributed by atoms with van der Waals surface area (Å²) in [7, 11) is 0. The molecule has 0 unspecified atom stereocenters. The van der Waals surface area contributed by atoms with Gasteiger partial charge in [-0.25, -0.2) is 0 Å². The smallest absolute Gasteiger partial charge is 0.406 e. The minimum atomic E-state index is -4.80. The van der Waals surface area contributed by atoms with Gasteiger partial charge in [-0.05, 0) is 42.7 Å². The number of rotatable bonds is 5. The lowest BCUT2D eigenvalue weighted by Gasteiger charge is -2.37. The van der Waals surface area contributed by atoms with E-state index in [1.165, 1.54) is 12.1 Å². The Bertz CT molecular complexity index is 864. The van der Waals surface area contributed by atoms with Gasteiger partial charge in [-0.3, -0.25) is 9.59 Å². The van der Waals surface area contributed by atoms with Crippen LogP contribution in [0.3, 0.4) is 0 Å². The molecule has 30 heavy (non-hydrogen) atoms. The van der Waals surface area contributed by atoms with Gasteiger partial charge in [0.2, 0.25) is 0 Å². The molecular weight excluding hydrogens is 401 g/mol. The fourth-order valence-corrected chi connectivity index (χ4v) is 3.38. The topological polar surface area (TPSA) is 76.7 Å². The standard InChI is InChI=1S/C21H21F3N2O4/c22-21(23,24)30-17-8-6-16(7-9-17)26-19(28)18(27)25-14-20(10-12-29-13-11-20)15-4-2-1-3-5-15/h1-9H,10-14H2,(H,25,27)(H,26,28). The molecule has 3 rings (SSSR count). The van der Waals surface area contributed by atoms with Crippen LogP contribution in [-0.2, 0) is 19.7 Å². The second kappa shape index (κ2) is 9.17. The van der Waals surface area contributed by atoms with Crippen LogP contribution in [0.1, 0.15) is 18.4 Å². The first-order valence-corrected chi connectivity index (χ1v) is 9.36. The Hall–Kier alpha value is -3.07. The number of benzene rings is 2. The molecule has 0 bridgehead atoms. The molecule has 1 aliphatic rings. The zero-order valence-electron chi connectivity index (χ0n) is 16.0. The SMILES string of the molecule is O=C(NCC1(c2ccccc2)CCOCC1)C(=O)Nc1ccc(OC(F)(F)F)cc1. The number of nitrogens with one attached hydrogen (secondary N) is 2. The van der Waals surface area contributed by atoms with Crippen molar-refractivity contribution in [3.8, 4) is 5.75 Å². The number of anilines is 1. The van der Waals surface area contributed by atoms with E-state index >= 15 is 0 Å². The Kier molecular flexibility index (Phi) is 6.61. The Morgan fingerprint density at radius 2 is 1.60 bits per heavy atom. The lowest BCUT2D eigenvalue weighted by molar-refractivity contribution is -0.274. The highest BCUT2D eigenvalue weighted by atomic mass is 19.4. The third-order valence-corrected chi connectivity index (χ3v) is 4.98. The van der Waals surface area contributed by atoms with Gasteiger partial charge in [0.25, 0.3) is 0 Å². The van der Waals surface area contributed by atoms with Crippen molar-refractivity contribution in [2.45, 2.75) is 24.6 Å². The molecule has 2 N–H and O–H groups in total. The first kappa shape index (κ1) is 21.6. The molecule has 1 aliphatic heterocycles. The van der Waals surface area contributed by atoms with Crippen LogP contribution in [0.5, 0.6) is 5.75 Å². The fourth-order valence-electron chi connectivity index (χ4n) is 3.38. The summed E-state index contributed by atoms with van der Waals surface area (Å²) >= 11 is 0. The Morgan fingerprint density at radius 3 is 2.20 bits per heavy atom. The number of carbonyl (C=O) groups excluding carboxylic acids is 2. The minimum Gasteiger partial charge on any atom is -0.406 e. The maximum Gasteiger partial charge on any atom is 0.573 e. The van der Waals surface area contributed by atoms with Crippen molar-refractivity contribution in [2.24, 2.45) is 0 Å². The minimum absolute atomic E-state index is 0.175. The van der Waals surface area contributed by atoms with Crippen molar-refractivity contribution < 1.29 is 32.2 Å². The quantitative estimate of drug-likeness (QED) is 0.725. The molecule has 0 radical (unpaired) electrons. The van der Waals surface area contributed by atoms with Crippen molar-refractivity contribution in [1.82, 2.24) is 5.32 Å². The van der Waals surface area contributed by atoms with Gasteiger partial charge in [-0.1, -0.05) is 30.3 Å². The predicted octanol–water partition coefficient (Wildman–Crippen LogP) is 3.39. The highest BCUT2D eigenvalue weighted by molar-refractivity contribution is 6.39. The molecule has 0 saturated carbocycles. The summed E-state index contributed by atoms with van der Waals surface area (Å²) < 4.78 is 45.8. The molecule has 0 aromatic heterocycles. The summed E-state index contributed by atoms with van der Waals surface area (Å²) in [5.74, 6) is -2.16. The summed E-state index contributed by atoms with van der Waals surface area (Å²) in [5, 5.41) is 5.03. The molecule has 6 nitrogen and oxygen atoms in total. The molecule has 1 fully saturated rings. The van der Waals surface area contributed by atoms with Crippen molar-refractivity contribution >= 4 is 17.5 Å². The predicted molar refractivity (Wildman–Crippen MR) is 103 cm³/mol. The van der Waals surface area contributed by atoms with E-state index in [1.807, 2.05) is 30.3 Å². The number of amides is 2. The summed E-state index contributed by atoms with van der Waals surface area (Å²) in [5.41, 5.74) is 0.911. The average molecular weight is 422 g/mol. The number of halogens is 3. The van der Waals surface area contributed by atoms with Gasteiger partial charge in [-0.15, -0.1) is 13.2 Å². The third kappa shape index (κ3) is 5.73. The van der Waals surface area contributed by atoms with Crippen LogP contribution in [0, 0.1) is 0 Å². The van der Waals surface area contributed by atoms with Crippen molar-refractivity contribution in [1.29, 1.82) is 0 Å². The lowest BCUT2D eigenvalue weighted by atomic mass is 9.74. The summed E-state index contributed by atoms with van der Waals surface area (Å²) in [6, 6.07) is 14.3. The van der Waals surface area contributed by atoms with Gasteiger partial charge in [0, 0.05) is 30.9 Å². The number of hydrogen-bond acceptors (Lipinski definition) is 4. The van der Waals surface area contributed by atoms with Crippen LogP contribution < -0.4 is 15.4 Å². The normalized spacial score (nSPS) is 15.8. The van der Waals surface area contributed by atoms with E-state index in [9.17, 15) is 22.8 Å². The van der Waals surface area contributed by atoms with Crippen molar-refractivity contribution in [3.63, 3.8) is 0 Å². The van der Waals surface area contributed by atoms with Gasteiger partial charge in [0.1, 0.15) is 5.75 Å². The van der Waals surface area contributed by atoms with Gasteiger partial charge in [0.05, 0.1) is 0 Å². The molecule has 1 saturated heterocycles. The summed E-state index contributed by atoms with van der Waals surface area (Å²) in [6.45, 7) is 1.39. The average Bonchev–Trinajstić information content (AvgIpc) is 2.73. The van der Waals surface area contributed by atoms with Crippen LogP contribution in [0.15, 0.2) is 54.6 Å². The number of alkyl halides is 3. The highest BCUT2D eigenvalue weighted by Crippen LogP contribution is 2.34. The van der Waals surface area contributed by atoms with Crippen LogP contribution in [0.25, 0.3) is 0 Å². The number of hydrogen-bond donors (Lipinski definition) is 2. The van der Waals surface area contributed by atoms with Crippen LogP contribution in [-0.4, -0.2) is 37.9 Å². The number of carbonyl (C=O) groups is 2. The monoisotopic (exact) mass is 422 g/mol. The van der Waals surface area contributed by atoms with Crippen molar-refractivity contribution in [3.05, 3.63) is 60.2 Å². The Balaban J connectivity index is 1.59. The van der Waals surface area contributed by atoms with E-state index in [1.54, 1.807) is 0 Å². The molecule has 1 heterocycles. The van der Waals surface area contributed by atoms with E-state index in [4.69, 9.17) is 4.74 Å². The molecular formula is C21H21F3N2O4. The van der Waals surface area contributed by atoms with E-state index in [0.29, 0.717) is 26.1 Å². The second-order valence-corrected chi connectivity index (χ2v) is 6.97. The van der Waals surface area contributed by atoms with Gasteiger partial charge in [-0.2, -0.15) is 0 Å². The van der Waals surface area contributed by atoms with Gasteiger partial charge >= 0.3 is 18.2 Å². The maximum atomic E-state index is 12.3. The largest absolute Gasteiger partial charge is 0.573 e. The molecule has 2 aromatic rings. The number of ether oxygens (including phenoxy) is 2. The summed E-state index contributed by atoms with van der Waals surface area (Å²) in [4.78, 5) is 24.5. The fraction of sp³-hybridized carbons (Fsp3) is 0.333. The molecule has 9 heteroatoms. The first-order valence-electron chi connectivity index (χ1n) is 9.36. The highest BCUT2D eigenvalue weighted by Gasteiger charge is 2.35. The first-order chi connectivity index (χ1) is 14.3. The molecule has 0 atom stereocenters. The zero-order chi connectivity index (χ0) is 21.6. The molecule has 160 valence electrons. The van der Waals surface area contributed by atoms with Crippen molar-refractivity contribution in [2.75, 3.05) is 25.1 Å². The summed E-state index contributed by atoms with van der Waals surface area (Å²) in [6.07, 6.45) is -3.39. The lowest BCUT2D eigenvalue weighted by Crippen LogP contribution is -2.47. The van der Waals surface area contributed by atoms with Crippen LogP contribution in [0.2, 0.25) is 0 Å². The Labute approximate surface area is 171 Å². The second-order valence-electron chi connectivity index (χ2n) is 6.97. The van der Waals surface area contributed by atoms with Gasteiger partial charge < -0.3 is 20.1 Å². The maximum absolute atomic E-state index is 12.3. The van der Waals surface area contributed by atoms with Crippen LogP contribution in [0.4, 0.5) is 18.9 Å². The van der Waals surface area contributed by atoms with Gasteiger partial charge in [0.15, 0.2) is 0 Å². The Morgan fingerprint density at radius 1 is 0.967 bits per heavy atom.